The van der Waals surface area contributed by atoms with Gasteiger partial charge in [-0.1, -0.05) is 27.7 Å². The molecule has 0 amide bonds. The quantitative estimate of drug-likeness (QED) is 0.310. The fourth-order valence-corrected chi connectivity index (χ4v) is 3.47. The predicted molar refractivity (Wildman–Crippen MR) is 106 cm³/mol. The monoisotopic (exact) mass is 372 g/mol. The highest BCUT2D eigenvalue weighted by Gasteiger charge is 2.39. The van der Waals surface area contributed by atoms with Crippen LogP contribution in [0.15, 0.2) is 0 Å². The molecule has 0 heterocycles. The summed E-state index contributed by atoms with van der Waals surface area (Å²) >= 11 is 0. The summed E-state index contributed by atoms with van der Waals surface area (Å²) in [5.74, 6) is 0.0151. The molecule has 0 aromatic heterocycles. The van der Waals surface area contributed by atoms with E-state index in [4.69, 9.17) is 9.16 Å². The predicted octanol–water partition coefficient (Wildman–Crippen LogP) is 5.36. The zero-order valence-corrected chi connectivity index (χ0v) is 19.1. The van der Waals surface area contributed by atoms with E-state index in [0.29, 0.717) is 6.61 Å². The molecule has 0 saturated heterocycles. The van der Waals surface area contributed by atoms with Crippen LogP contribution in [-0.2, 0) is 18.8 Å². The highest BCUT2D eigenvalue weighted by atomic mass is 28.4. The molecule has 0 spiro atoms. The van der Waals surface area contributed by atoms with E-state index >= 15 is 0 Å². The lowest BCUT2D eigenvalue weighted by Gasteiger charge is -2.40. The summed E-state index contributed by atoms with van der Waals surface area (Å²) in [6.07, 6.45) is 2.33. The number of esters is 1. The first kappa shape index (κ1) is 24.3. The maximum atomic E-state index is 11.8. The van der Waals surface area contributed by atoms with Gasteiger partial charge in [0.1, 0.15) is 5.78 Å². The van der Waals surface area contributed by atoms with Crippen molar-refractivity contribution in [3.63, 3.8) is 0 Å². The Morgan fingerprint density at radius 1 is 1.04 bits per heavy atom. The molecule has 0 aliphatic rings. The molecule has 1 unspecified atom stereocenters. The van der Waals surface area contributed by atoms with E-state index in [0.717, 1.165) is 19.3 Å². The Hall–Kier alpha value is -0.683. The van der Waals surface area contributed by atoms with Crippen LogP contribution >= 0.6 is 0 Å². The molecule has 0 N–H and O–H groups in total. The molecule has 0 bridgehead atoms. The fraction of sp³-hybridized carbons (Fsp3) is 0.900. The van der Waals surface area contributed by atoms with E-state index in [1.54, 1.807) is 6.92 Å². The molecule has 0 aliphatic heterocycles. The van der Waals surface area contributed by atoms with Crippen LogP contribution in [0.4, 0.5) is 0 Å². The third-order valence-electron chi connectivity index (χ3n) is 5.09. The second-order valence-electron chi connectivity index (χ2n) is 9.78. The Morgan fingerprint density at radius 3 is 1.96 bits per heavy atom. The van der Waals surface area contributed by atoms with E-state index in [9.17, 15) is 9.59 Å². The van der Waals surface area contributed by atoms with Crippen molar-refractivity contribution < 1.29 is 18.8 Å². The van der Waals surface area contributed by atoms with Crippen LogP contribution in [0.3, 0.4) is 0 Å². The Bertz CT molecular complexity index is 444. The van der Waals surface area contributed by atoms with Crippen molar-refractivity contribution in [3.8, 4) is 0 Å². The molecule has 5 heteroatoms. The number of ether oxygens (including phenoxy) is 1. The van der Waals surface area contributed by atoms with E-state index in [-0.39, 0.29) is 28.8 Å². The van der Waals surface area contributed by atoms with Crippen molar-refractivity contribution in [2.75, 3.05) is 6.61 Å². The number of hydrogen-bond donors (Lipinski definition) is 0. The van der Waals surface area contributed by atoms with Gasteiger partial charge < -0.3 is 9.16 Å². The summed E-state index contributed by atoms with van der Waals surface area (Å²) in [5, 5.41) is 0.128. The van der Waals surface area contributed by atoms with Crippen molar-refractivity contribution in [3.05, 3.63) is 0 Å². The number of ketones is 1. The van der Waals surface area contributed by atoms with Gasteiger partial charge in [-0.3, -0.25) is 9.59 Å². The summed E-state index contributed by atoms with van der Waals surface area (Å²) in [7, 11) is -1.90. The summed E-state index contributed by atoms with van der Waals surface area (Å²) in [5.41, 5.74) is -0.472. The van der Waals surface area contributed by atoms with Gasteiger partial charge in [-0.05, 0) is 65.1 Å². The molecule has 0 aromatic rings. The van der Waals surface area contributed by atoms with E-state index in [1.807, 2.05) is 27.7 Å². The van der Waals surface area contributed by atoms with Crippen LogP contribution in [0.2, 0.25) is 18.1 Å². The van der Waals surface area contributed by atoms with Gasteiger partial charge in [0.05, 0.1) is 12.0 Å². The number of hydrogen-bond acceptors (Lipinski definition) is 4. The standard InChI is InChI=1S/C20H40O4Si/c1-15(16(2)21)14-17(24-25(9,10)20(6,7)8)12-11-13-23-18(22)19(3,4)5/h15,17H,11-14H2,1-10H3/t15?,17-/m1/s1. The molecular formula is C20H40O4Si. The van der Waals surface area contributed by atoms with Crippen LogP contribution in [0, 0.1) is 11.3 Å². The van der Waals surface area contributed by atoms with Gasteiger partial charge in [-0.2, -0.15) is 0 Å². The molecule has 0 radical (unpaired) electrons. The van der Waals surface area contributed by atoms with E-state index in [2.05, 4.69) is 33.9 Å². The van der Waals surface area contributed by atoms with Crippen molar-refractivity contribution >= 4 is 20.1 Å². The second-order valence-corrected chi connectivity index (χ2v) is 14.5. The van der Waals surface area contributed by atoms with Gasteiger partial charge in [0.25, 0.3) is 0 Å². The van der Waals surface area contributed by atoms with Crippen LogP contribution in [-0.4, -0.2) is 32.8 Å². The van der Waals surface area contributed by atoms with Gasteiger partial charge in [0.15, 0.2) is 8.32 Å². The minimum Gasteiger partial charge on any atom is -0.465 e. The van der Waals surface area contributed by atoms with Crippen molar-refractivity contribution in [2.24, 2.45) is 11.3 Å². The van der Waals surface area contributed by atoms with Crippen LogP contribution in [0.1, 0.15) is 74.7 Å². The summed E-state index contributed by atoms with van der Waals surface area (Å²) in [6.45, 7) is 20.7. The lowest BCUT2D eigenvalue weighted by atomic mass is 9.97. The molecule has 0 rings (SSSR count). The molecule has 25 heavy (non-hydrogen) atoms. The fourth-order valence-electron chi connectivity index (χ4n) is 2.07. The van der Waals surface area contributed by atoms with Gasteiger partial charge in [-0.25, -0.2) is 0 Å². The van der Waals surface area contributed by atoms with Crippen molar-refractivity contribution in [2.45, 2.75) is 98.9 Å². The zero-order chi connectivity index (χ0) is 20.1. The summed E-state index contributed by atoms with van der Waals surface area (Å²) in [4.78, 5) is 23.5. The SMILES string of the molecule is CC(=O)C(C)C[C@@H](CCCOC(=O)C(C)(C)C)O[Si](C)(C)C(C)(C)C. The largest absolute Gasteiger partial charge is 0.465 e. The smallest absolute Gasteiger partial charge is 0.311 e. The maximum Gasteiger partial charge on any atom is 0.311 e. The summed E-state index contributed by atoms with van der Waals surface area (Å²) < 4.78 is 11.9. The first-order chi connectivity index (χ1) is 11.1. The number of Topliss-reactive ketones (excluding diaryl/α,β-unsaturated/α-hetero) is 1. The van der Waals surface area contributed by atoms with Crippen LogP contribution in [0.5, 0.6) is 0 Å². The normalized spacial score (nSPS) is 15.6. The average molecular weight is 373 g/mol. The topological polar surface area (TPSA) is 52.6 Å². The van der Waals surface area contributed by atoms with Crippen molar-refractivity contribution in [1.82, 2.24) is 0 Å². The van der Waals surface area contributed by atoms with Crippen molar-refractivity contribution in [1.29, 1.82) is 0 Å². The number of carbonyl (C=O) groups excluding carboxylic acids is 2. The maximum absolute atomic E-state index is 11.8. The molecule has 0 saturated carbocycles. The molecule has 0 aromatic carbocycles. The second kappa shape index (κ2) is 9.31. The lowest BCUT2D eigenvalue weighted by molar-refractivity contribution is -0.153. The minimum atomic E-state index is -1.90. The van der Waals surface area contributed by atoms with Gasteiger partial charge in [0.2, 0.25) is 0 Å². The highest BCUT2D eigenvalue weighted by Crippen LogP contribution is 2.38. The molecule has 148 valence electrons. The first-order valence-corrected chi connectivity index (χ1v) is 12.3. The molecule has 0 aliphatic carbocycles. The lowest BCUT2D eigenvalue weighted by Crippen LogP contribution is -2.44. The summed E-state index contributed by atoms with van der Waals surface area (Å²) in [6, 6.07) is 0. The minimum absolute atomic E-state index is 0.00751. The number of carbonyl (C=O) groups is 2. The molecular weight excluding hydrogens is 332 g/mol. The average Bonchev–Trinajstić information content (AvgIpc) is 2.40. The third-order valence-corrected chi connectivity index (χ3v) is 9.63. The Balaban J connectivity index is 4.76. The Labute approximate surface area is 156 Å². The van der Waals surface area contributed by atoms with Crippen LogP contribution < -0.4 is 0 Å². The number of rotatable bonds is 9. The molecule has 0 fully saturated rings. The van der Waals surface area contributed by atoms with Gasteiger partial charge in [0, 0.05) is 12.0 Å². The zero-order valence-electron chi connectivity index (χ0n) is 18.1. The Morgan fingerprint density at radius 2 is 1.56 bits per heavy atom. The third kappa shape index (κ3) is 9.00. The highest BCUT2D eigenvalue weighted by molar-refractivity contribution is 6.74. The molecule has 4 nitrogen and oxygen atoms in total. The molecule has 2 atom stereocenters. The van der Waals surface area contributed by atoms with Gasteiger partial charge in [-0.15, -0.1) is 0 Å². The Kier molecular flexibility index (Phi) is 9.06. The van der Waals surface area contributed by atoms with Gasteiger partial charge >= 0.3 is 5.97 Å². The van der Waals surface area contributed by atoms with E-state index in [1.165, 1.54) is 0 Å². The van der Waals surface area contributed by atoms with Crippen LogP contribution in [0.25, 0.3) is 0 Å². The van der Waals surface area contributed by atoms with E-state index < -0.39 is 13.7 Å². The first-order valence-electron chi connectivity index (χ1n) is 9.43.